The van der Waals surface area contributed by atoms with Crippen molar-refractivity contribution in [3.63, 3.8) is 0 Å². The van der Waals surface area contributed by atoms with Crippen LogP contribution in [0.4, 0.5) is 0 Å². The molecule has 0 aromatic rings. The minimum atomic E-state index is -0.0639. The molecular weight excluding hydrogens is 134 g/mol. The van der Waals surface area contributed by atoms with Crippen LogP contribution < -0.4 is 0 Å². The molecule has 0 atom stereocenters. The van der Waals surface area contributed by atoms with Crippen molar-refractivity contribution in [2.75, 3.05) is 20.1 Å². The van der Waals surface area contributed by atoms with Crippen LogP contribution in [0.25, 0.3) is 0 Å². The second-order valence-electron chi connectivity index (χ2n) is 2.13. The zero-order chi connectivity index (χ0) is 7.28. The predicted molar refractivity (Wildman–Crippen MR) is 41.8 cm³/mol. The number of hydrogen-bond acceptors (Lipinski definition) is 2. The first kappa shape index (κ1) is 8.98. The maximum absolute atomic E-state index is 10.4. The normalized spacial score (nSPS) is 10.2. The van der Waals surface area contributed by atoms with E-state index in [4.69, 9.17) is 0 Å². The van der Waals surface area contributed by atoms with E-state index in [-0.39, 0.29) is 5.12 Å². The van der Waals surface area contributed by atoms with Gasteiger partial charge in [-0.25, -0.2) is 0 Å². The Kier molecular flexibility index (Phi) is 4.81. The summed E-state index contributed by atoms with van der Waals surface area (Å²) in [6.45, 7) is 3.50. The number of likely N-dealkylation sites (N-methyl/N-ethyl adjacent to an activating group) is 1. The molecule has 0 aliphatic rings. The molecule has 3 heteroatoms. The van der Waals surface area contributed by atoms with E-state index in [1.54, 1.807) is 0 Å². The molecule has 54 valence electrons. The van der Waals surface area contributed by atoms with Gasteiger partial charge >= 0.3 is 0 Å². The Labute approximate surface area is 61.6 Å². The molecule has 0 amide bonds. The summed E-state index contributed by atoms with van der Waals surface area (Å²) in [5.41, 5.74) is 0. The third-order valence-electron chi connectivity index (χ3n) is 1.01. The lowest BCUT2D eigenvalue weighted by molar-refractivity contribution is -0.111. The van der Waals surface area contributed by atoms with Crippen LogP contribution in [0, 0.1) is 0 Å². The molecule has 9 heavy (non-hydrogen) atoms. The monoisotopic (exact) mass is 147 g/mol. The maximum Gasteiger partial charge on any atom is 0.199 e. The summed E-state index contributed by atoms with van der Waals surface area (Å²) < 4.78 is 0. The molecule has 0 bridgehead atoms. The van der Waals surface area contributed by atoms with Crippen molar-refractivity contribution in [3.8, 4) is 0 Å². The molecular formula is C6H13NOS. The van der Waals surface area contributed by atoms with Gasteiger partial charge in [-0.1, -0.05) is 6.92 Å². The predicted octanol–water partition coefficient (Wildman–Crippen LogP) is 0.785. The smallest absolute Gasteiger partial charge is 0.199 e. The van der Waals surface area contributed by atoms with Gasteiger partial charge in [0.1, 0.15) is 0 Å². The quantitative estimate of drug-likeness (QED) is 0.593. The first-order valence-corrected chi connectivity index (χ1v) is 3.52. The minimum absolute atomic E-state index is 0.0639. The standard InChI is InChI=1S/C6H13NOS/c1-3-4-7(2)5-6(8)9/h3-5H2,1-2H3,(H,8,9). The van der Waals surface area contributed by atoms with Crippen LogP contribution >= 0.6 is 12.6 Å². The zero-order valence-electron chi connectivity index (χ0n) is 5.92. The Balaban J connectivity index is 3.26. The van der Waals surface area contributed by atoms with Crippen molar-refractivity contribution in [3.05, 3.63) is 0 Å². The van der Waals surface area contributed by atoms with E-state index in [9.17, 15) is 4.79 Å². The third-order valence-corrected chi connectivity index (χ3v) is 1.15. The lowest BCUT2D eigenvalue weighted by Crippen LogP contribution is -2.23. The number of carbonyl (C=O) groups excluding carboxylic acids is 1. The average Bonchev–Trinajstić information content (AvgIpc) is 1.63. The van der Waals surface area contributed by atoms with E-state index in [1.807, 2.05) is 11.9 Å². The highest BCUT2D eigenvalue weighted by molar-refractivity contribution is 7.96. The van der Waals surface area contributed by atoms with Gasteiger partial charge in [0.15, 0.2) is 5.12 Å². The first-order chi connectivity index (χ1) is 4.16. The zero-order valence-corrected chi connectivity index (χ0v) is 6.82. The largest absolute Gasteiger partial charge is 0.298 e. The van der Waals surface area contributed by atoms with Crippen molar-refractivity contribution in [1.29, 1.82) is 0 Å². The van der Waals surface area contributed by atoms with Crippen molar-refractivity contribution in [2.24, 2.45) is 0 Å². The van der Waals surface area contributed by atoms with Gasteiger partial charge < -0.3 is 0 Å². The van der Waals surface area contributed by atoms with E-state index < -0.39 is 0 Å². The molecule has 0 N–H and O–H groups in total. The Morgan fingerprint density at radius 2 is 2.22 bits per heavy atom. The van der Waals surface area contributed by atoms with E-state index in [2.05, 4.69) is 19.6 Å². The number of hydrogen-bond donors (Lipinski definition) is 1. The van der Waals surface area contributed by atoms with Crippen LogP contribution in [0.2, 0.25) is 0 Å². The molecule has 0 rings (SSSR count). The van der Waals surface area contributed by atoms with E-state index in [0.717, 1.165) is 13.0 Å². The third kappa shape index (κ3) is 5.86. The summed E-state index contributed by atoms with van der Waals surface area (Å²) in [7, 11) is 1.91. The van der Waals surface area contributed by atoms with Gasteiger partial charge in [0, 0.05) is 0 Å². The highest BCUT2D eigenvalue weighted by atomic mass is 32.1. The number of rotatable bonds is 4. The van der Waals surface area contributed by atoms with Crippen molar-refractivity contribution >= 4 is 17.7 Å². The summed E-state index contributed by atoms with van der Waals surface area (Å²) in [4.78, 5) is 12.3. The molecule has 0 aliphatic carbocycles. The summed E-state index contributed by atoms with van der Waals surface area (Å²) in [5, 5.41) is -0.0639. The maximum atomic E-state index is 10.4. The van der Waals surface area contributed by atoms with Crippen LogP contribution in [0.1, 0.15) is 13.3 Å². The Morgan fingerprint density at radius 3 is 2.56 bits per heavy atom. The molecule has 0 saturated carbocycles. The Morgan fingerprint density at radius 1 is 1.67 bits per heavy atom. The summed E-state index contributed by atoms with van der Waals surface area (Å²) in [6.07, 6.45) is 1.08. The first-order valence-electron chi connectivity index (χ1n) is 3.07. The number of thiol groups is 1. The topological polar surface area (TPSA) is 20.3 Å². The second kappa shape index (κ2) is 4.82. The Hall–Kier alpha value is -0.0200. The fraction of sp³-hybridized carbons (Fsp3) is 0.833. The highest BCUT2D eigenvalue weighted by Crippen LogP contribution is 1.87. The molecule has 0 unspecified atom stereocenters. The fourth-order valence-electron chi connectivity index (χ4n) is 0.692. The van der Waals surface area contributed by atoms with E-state index in [1.165, 1.54) is 0 Å². The van der Waals surface area contributed by atoms with Crippen LogP contribution in [0.3, 0.4) is 0 Å². The van der Waals surface area contributed by atoms with Crippen molar-refractivity contribution < 1.29 is 4.79 Å². The summed E-state index contributed by atoms with van der Waals surface area (Å²) in [6, 6.07) is 0. The SMILES string of the molecule is CCCN(C)CC(=O)S. The molecule has 0 spiro atoms. The van der Waals surface area contributed by atoms with Gasteiger partial charge in [-0.2, -0.15) is 0 Å². The van der Waals surface area contributed by atoms with Crippen molar-refractivity contribution in [1.82, 2.24) is 4.90 Å². The van der Waals surface area contributed by atoms with Gasteiger partial charge in [-0.15, -0.1) is 12.6 Å². The number of nitrogens with zero attached hydrogens (tertiary/aromatic N) is 1. The van der Waals surface area contributed by atoms with Gasteiger partial charge in [-0.05, 0) is 20.0 Å². The van der Waals surface area contributed by atoms with Gasteiger partial charge in [0.05, 0.1) is 6.54 Å². The summed E-state index contributed by atoms with van der Waals surface area (Å²) in [5.74, 6) is 0. The van der Waals surface area contributed by atoms with Crippen LogP contribution in [-0.4, -0.2) is 30.2 Å². The molecule has 0 aromatic carbocycles. The second-order valence-corrected chi connectivity index (χ2v) is 2.63. The molecule has 0 heterocycles. The van der Waals surface area contributed by atoms with Gasteiger partial charge in [0.25, 0.3) is 0 Å². The molecule has 0 fully saturated rings. The van der Waals surface area contributed by atoms with E-state index >= 15 is 0 Å². The lowest BCUT2D eigenvalue weighted by Gasteiger charge is -2.11. The summed E-state index contributed by atoms with van der Waals surface area (Å²) >= 11 is 3.65. The lowest BCUT2D eigenvalue weighted by atomic mass is 10.4. The molecule has 0 aromatic heterocycles. The molecule has 0 saturated heterocycles. The van der Waals surface area contributed by atoms with Crippen LogP contribution in [-0.2, 0) is 4.79 Å². The fourth-order valence-corrected chi connectivity index (χ4v) is 0.933. The minimum Gasteiger partial charge on any atom is -0.298 e. The van der Waals surface area contributed by atoms with E-state index in [0.29, 0.717) is 6.54 Å². The molecule has 2 nitrogen and oxygen atoms in total. The molecule has 0 aliphatic heterocycles. The van der Waals surface area contributed by atoms with Crippen molar-refractivity contribution in [2.45, 2.75) is 13.3 Å². The average molecular weight is 147 g/mol. The molecule has 0 radical (unpaired) electrons. The van der Waals surface area contributed by atoms with Gasteiger partial charge in [-0.3, -0.25) is 9.69 Å². The number of carbonyl (C=O) groups is 1. The highest BCUT2D eigenvalue weighted by Gasteiger charge is 1.98. The van der Waals surface area contributed by atoms with Crippen LogP contribution in [0.15, 0.2) is 0 Å². The van der Waals surface area contributed by atoms with Gasteiger partial charge in [0.2, 0.25) is 0 Å². The Bertz CT molecular complexity index is 95.1. The van der Waals surface area contributed by atoms with Crippen LogP contribution in [0.5, 0.6) is 0 Å².